The van der Waals surface area contributed by atoms with Crippen LogP contribution in [0.5, 0.6) is 11.5 Å². The molecule has 1 N–H and O–H groups in total. The summed E-state index contributed by atoms with van der Waals surface area (Å²) in [5, 5.41) is 1.51. The molecule has 0 radical (unpaired) electrons. The number of H-pyrrole nitrogens is 1. The van der Waals surface area contributed by atoms with Gasteiger partial charge in [-0.15, -0.1) is 0 Å². The molecule has 3 heterocycles. The maximum Gasteiger partial charge on any atom is 0.326 e. The first-order valence-corrected chi connectivity index (χ1v) is 11.0. The van der Waals surface area contributed by atoms with Crippen LogP contribution < -0.4 is 15.2 Å². The fraction of sp³-hybridized carbons (Fsp3) is 0.381. The van der Waals surface area contributed by atoms with Crippen molar-refractivity contribution in [2.45, 2.75) is 25.0 Å². The first-order valence-electron chi connectivity index (χ1n) is 9.88. The summed E-state index contributed by atoms with van der Waals surface area (Å²) < 4.78 is 13.7. The molecule has 0 spiro atoms. The van der Waals surface area contributed by atoms with Crippen molar-refractivity contribution in [2.75, 3.05) is 26.2 Å². The largest absolute Gasteiger partial charge is 0.486 e. The van der Waals surface area contributed by atoms with Gasteiger partial charge in [0.1, 0.15) is 12.7 Å². The predicted octanol–water partition coefficient (Wildman–Crippen LogP) is 4.77. The highest BCUT2D eigenvalue weighted by atomic mass is 35.5. The highest BCUT2D eigenvalue weighted by molar-refractivity contribution is 6.42. The number of nitrogens with zero attached hydrogens (tertiary/aromatic N) is 2. The van der Waals surface area contributed by atoms with Crippen LogP contribution in [0.1, 0.15) is 18.9 Å². The Hall–Kier alpha value is -1.86. The normalized spacial score (nSPS) is 20.0. The van der Waals surface area contributed by atoms with Crippen molar-refractivity contribution in [3.05, 3.63) is 55.9 Å². The van der Waals surface area contributed by atoms with Crippen molar-refractivity contribution in [1.82, 2.24) is 14.5 Å². The van der Waals surface area contributed by atoms with E-state index in [0.29, 0.717) is 32.9 Å². The highest BCUT2D eigenvalue weighted by Gasteiger charge is 2.28. The summed E-state index contributed by atoms with van der Waals surface area (Å²) in [6, 6.07) is 9.00. The second kappa shape index (κ2) is 8.00. The van der Waals surface area contributed by atoms with Gasteiger partial charge in [-0.05, 0) is 37.1 Å². The van der Waals surface area contributed by atoms with Gasteiger partial charge in [0.05, 0.1) is 21.1 Å². The minimum atomic E-state index is -0.126. The minimum absolute atomic E-state index is 0.0516. The fourth-order valence-corrected chi connectivity index (χ4v) is 4.79. The molecule has 1 saturated heterocycles. The Kier molecular flexibility index (Phi) is 5.35. The van der Waals surface area contributed by atoms with E-state index in [9.17, 15) is 4.79 Å². The summed E-state index contributed by atoms with van der Waals surface area (Å²) in [5.74, 6) is 1.42. The molecule has 0 saturated carbocycles. The van der Waals surface area contributed by atoms with E-state index in [1.54, 1.807) is 24.3 Å². The molecule has 0 aliphatic carbocycles. The van der Waals surface area contributed by atoms with E-state index in [4.69, 9.17) is 44.3 Å². The van der Waals surface area contributed by atoms with E-state index in [1.807, 2.05) is 10.6 Å². The quantitative estimate of drug-likeness (QED) is 0.602. The number of imidazole rings is 1. The number of benzene rings is 2. The zero-order chi connectivity index (χ0) is 20.8. The molecule has 0 bridgehead atoms. The van der Waals surface area contributed by atoms with Crippen LogP contribution in [0.3, 0.4) is 0 Å². The van der Waals surface area contributed by atoms with Crippen molar-refractivity contribution in [1.29, 1.82) is 0 Å². The number of rotatable bonds is 3. The van der Waals surface area contributed by atoms with E-state index in [2.05, 4.69) is 9.88 Å². The SMILES string of the molecule is O=c1[nH]c2cc(Cl)c(Cl)cc2n1C1CCN(CC2COc3ccc(Cl)cc3O2)CC1. The maximum absolute atomic E-state index is 12.6. The molecule has 158 valence electrons. The van der Waals surface area contributed by atoms with Gasteiger partial charge in [-0.3, -0.25) is 9.47 Å². The van der Waals surface area contributed by atoms with Gasteiger partial charge < -0.3 is 14.5 Å². The molecule has 1 fully saturated rings. The lowest BCUT2D eigenvalue weighted by Gasteiger charge is -2.36. The molecule has 6 nitrogen and oxygen atoms in total. The highest BCUT2D eigenvalue weighted by Crippen LogP contribution is 2.35. The third-order valence-electron chi connectivity index (χ3n) is 5.77. The standard InChI is InChI=1S/C21H20Cl3N3O3/c22-12-1-2-19-20(7-12)30-14(11-29-19)10-26-5-3-13(4-6-26)27-18-9-16(24)15(23)8-17(18)25-21(27)28/h1-2,7-9,13-14H,3-6,10-11H2,(H,25,28). The Balaban J connectivity index is 1.25. The van der Waals surface area contributed by atoms with Crippen LogP contribution in [0.15, 0.2) is 35.1 Å². The van der Waals surface area contributed by atoms with Gasteiger partial charge in [0, 0.05) is 36.8 Å². The van der Waals surface area contributed by atoms with Crippen molar-refractivity contribution < 1.29 is 9.47 Å². The van der Waals surface area contributed by atoms with E-state index in [0.717, 1.165) is 43.7 Å². The monoisotopic (exact) mass is 467 g/mol. The maximum atomic E-state index is 12.6. The van der Waals surface area contributed by atoms with Crippen LogP contribution in [-0.2, 0) is 0 Å². The summed E-state index contributed by atoms with van der Waals surface area (Å²) in [5.41, 5.74) is 1.38. The lowest BCUT2D eigenvalue weighted by molar-refractivity contribution is 0.0485. The van der Waals surface area contributed by atoms with Crippen LogP contribution in [-0.4, -0.2) is 46.8 Å². The summed E-state index contributed by atoms with van der Waals surface area (Å²) in [6.45, 7) is 3.01. The van der Waals surface area contributed by atoms with Crippen LogP contribution in [0.25, 0.3) is 11.0 Å². The van der Waals surface area contributed by atoms with Crippen molar-refractivity contribution in [2.24, 2.45) is 0 Å². The molecule has 3 aromatic rings. The molecule has 2 aromatic carbocycles. The van der Waals surface area contributed by atoms with E-state index >= 15 is 0 Å². The van der Waals surface area contributed by atoms with Gasteiger partial charge in [0.25, 0.3) is 0 Å². The molecular formula is C21H20Cl3N3O3. The smallest absolute Gasteiger partial charge is 0.326 e. The lowest BCUT2D eigenvalue weighted by atomic mass is 10.0. The molecule has 5 rings (SSSR count). The molecule has 30 heavy (non-hydrogen) atoms. The average molecular weight is 469 g/mol. The molecule has 1 atom stereocenters. The zero-order valence-corrected chi connectivity index (χ0v) is 18.3. The second-order valence-electron chi connectivity index (χ2n) is 7.76. The Labute approximate surface area is 188 Å². The third kappa shape index (κ3) is 3.78. The number of nitrogens with one attached hydrogen (secondary N) is 1. The fourth-order valence-electron chi connectivity index (χ4n) is 4.31. The van der Waals surface area contributed by atoms with Gasteiger partial charge in [-0.2, -0.15) is 0 Å². The number of halogens is 3. The Morgan fingerprint density at radius 3 is 2.60 bits per heavy atom. The first kappa shape index (κ1) is 20.1. The zero-order valence-electron chi connectivity index (χ0n) is 16.0. The number of fused-ring (bicyclic) bond motifs is 2. The molecular weight excluding hydrogens is 449 g/mol. The van der Waals surface area contributed by atoms with Gasteiger partial charge in [0.2, 0.25) is 0 Å². The van der Waals surface area contributed by atoms with Crippen LogP contribution >= 0.6 is 34.8 Å². The summed E-state index contributed by atoms with van der Waals surface area (Å²) in [7, 11) is 0. The van der Waals surface area contributed by atoms with Crippen molar-refractivity contribution in [3.8, 4) is 11.5 Å². The number of likely N-dealkylation sites (tertiary alicyclic amines) is 1. The first-order chi connectivity index (χ1) is 14.5. The summed E-state index contributed by atoms with van der Waals surface area (Å²) in [4.78, 5) is 17.8. The number of aromatic amines is 1. The molecule has 2 aliphatic heterocycles. The topological polar surface area (TPSA) is 59.5 Å². The number of hydrogen-bond donors (Lipinski definition) is 1. The number of ether oxygens (including phenoxy) is 2. The van der Waals surface area contributed by atoms with E-state index in [1.165, 1.54) is 0 Å². The van der Waals surface area contributed by atoms with Gasteiger partial charge in [-0.25, -0.2) is 4.79 Å². The van der Waals surface area contributed by atoms with E-state index < -0.39 is 0 Å². The number of hydrogen-bond acceptors (Lipinski definition) is 4. The van der Waals surface area contributed by atoms with E-state index in [-0.39, 0.29) is 17.8 Å². The van der Waals surface area contributed by atoms with Crippen LogP contribution in [0.4, 0.5) is 0 Å². The predicted molar refractivity (Wildman–Crippen MR) is 119 cm³/mol. The average Bonchev–Trinajstić information content (AvgIpc) is 3.03. The van der Waals surface area contributed by atoms with Gasteiger partial charge >= 0.3 is 5.69 Å². The Bertz CT molecular complexity index is 1150. The molecule has 0 amide bonds. The minimum Gasteiger partial charge on any atom is -0.486 e. The number of aromatic nitrogens is 2. The Morgan fingerprint density at radius 2 is 1.80 bits per heavy atom. The third-order valence-corrected chi connectivity index (χ3v) is 6.72. The lowest BCUT2D eigenvalue weighted by Crippen LogP contribution is -2.45. The molecule has 1 aromatic heterocycles. The van der Waals surface area contributed by atoms with Crippen molar-refractivity contribution in [3.63, 3.8) is 0 Å². The summed E-state index contributed by atoms with van der Waals surface area (Å²) in [6.07, 6.45) is 1.68. The molecule has 2 aliphatic rings. The van der Waals surface area contributed by atoms with Gasteiger partial charge in [-0.1, -0.05) is 34.8 Å². The Morgan fingerprint density at radius 1 is 1.03 bits per heavy atom. The second-order valence-corrected chi connectivity index (χ2v) is 9.01. The van der Waals surface area contributed by atoms with Crippen LogP contribution in [0, 0.1) is 0 Å². The van der Waals surface area contributed by atoms with Crippen molar-refractivity contribution >= 4 is 45.8 Å². The number of piperidine rings is 1. The molecule has 1 unspecified atom stereocenters. The molecule has 9 heteroatoms. The van der Waals surface area contributed by atoms with Crippen LogP contribution in [0.2, 0.25) is 15.1 Å². The van der Waals surface area contributed by atoms with Gasteiger partial charge in [0.15, 0.2) is 11.5 Å². The summed E-state index contributed by atoms with van der Waals surface area (Å²) >= 11 is 18.3.